The van der Waals surface area contributed by atoms with E-state index in [1.165, 1.54) is 18.4 Å². The Morgan fingerprint density at radius 2 is 2.10 bits per heavy atom. The summed E-state index contributed by atoms with van der Waals surface area (Å²) in [4.78, 5) is 2.53. The fraction of sp³-hybridized carbons (Fsp3) is 0.647. The minimum absolute atomic E-state index is 0.380. The van der Waals surface area contributed by atoms with Gasteiger partial charge in [0.2, 0.25) is 0 Å². The third-order valence-corrected chi connectivity index (χ3v) is 4.42. The van der Waals surface area contributed by atoms with Gasteiger partial charge in [-0.3, -0.25) is 4.90 Å². The number of likely N-dealkylation sites (tertiary alicyclic amines) is 1. The average Bonchev–Trinajstić information content (AvgIpc) is 2.49. The SMILES string of the molecule is CCOC1CCCN(C(CN)C(C)c2ccccc2)C1. The highest BCUT2D eigenvalue weighted by Gasteiger charge is 2.29. The molecule has 3 atom stereocenters. The summed E-state index contributed by atoms with van der Waals surface area (Å²) >= 11 is 0. The number of rotatable bonds is 6. The summed E-state index contributed by atoms with van der Waals surface area (Å²) in [6.45, 7) is 8.04. The Kier molecular flexibility index (Phi) is 6.02. The number of nitrogens with zero attached hydrogens (tertiary/aromatic N) is 1. The van der Waals surface area contributed by atoms with Crippen molar-refractivity contribution in [3.63, 3.8) is 0 Å². The van der Waals surface area contributed by atoms with E-state index in [4.69, 9.17) is 10.5 Å². The maximum atomic E-state index is 6.08. The van der Waals surface area contributed by atoms with E-state index in [1.54, 1.807) is 0 Å². The van der Waals surface area contributed by atoms with Gasteiger partial charge in [-0.25, -0.2) is 0 Å². The van der Waals surface area contributed by atoms with Crippen LogP contribution in [0.15, 0.2) is 30.3 Å². The smallest absolute Gasteiger partial charge is 0.0702 e. The van der Waals surface area contributed by atoms with Gasteiger partial charge in [0.25, 0.3) is 0 Å². The highest BCUT2D eigenvalue weighted by Crippen LogP contribution is 2.25. The van der Waals surface area contributed by atoms with Crippen LogP contribution >= 0.6 is 0 Å². The summed E-state index contributed by atoms with van der Waals surface area (Å²) in [7, 11) is 0. The van der Waals surface area contributed by atoms with Gasteiger partial charge in [-0.05, 0) is 37.8 Å². The van der Waals surface area contributed by atoms with Crippen LogP contribution in [0.2, 0.25) is 0 Å². The third-order valence-electron chi connectivity index (χ3n) is 4.42. The Hall–Kier alpha value is -0.900. The normalized spacial score (nSPS) is 23.4. The molecule has 1 aliphatic heterocycles. The first-order valence-electron chi connectivity index (χ1n) is 7.87. The van der Waals surface area contributed by atoms with Crippen molar-refractivity contribution < 1.29 is 4.74 Å². The average molecular weight is 276 g/mol. The quantitative estimate of drug-likeness (QED) is 0.868. The molecule has 1 saturated heterocycles. The summed E-state index contributed by atoms with van der Waals surface area (Å²) in [5.41, 5.74) is 7.46. The van der Waals surface area contributed by atoms with E-state index in [1.807, 2.05) is 0 Å². The van der Waals surface area contributed by atoms with Gasteiger partial charge in [0.15, 0.2) is 0 Å². The molecular formula is C17H28N2O. The zero-order chi connectivity index (χ0) is 14.4. The highest BCUT2D eigenvalue weighted by molar-refractivity contribution is 5.20. The fourth-order valence-corrected chi connectivity index (χ4v) is 3.29. The zero-order valence-electron chi connectivity index (χ0n) is 12.8. The van der Waals surface area contributed by atoms with E-state index >= 15 is 0 Å². The number of nitrogens with two attached hydrogens (primary N) is 1. The lowest BCUT2D eigenvalue weighted by molar-refractivity contribution is -0.00914. The molecular weight excluding hydrogens is 248 g/mol. The predicted octanol–water partition coefficient (Wildman–Crippen LogP) is 2.62. The molecule has 3 nitrogen and oxygen atoms in total. The van der Waals surface area contributed by atoms with E-state index in [0.717, 1.165) is 19.7 Å². The topological polar surface area (TPSA) is 38.5 Å². The van der Waals surface area contributed by atoms with Crippen molar-refractivity contribution in [2.45, 2.75) is 44.8 Å². The number of benzene rings is 1. The van der Waals surface area contributed by atoms with Crippen LogP contribution in [0.1, 0.15) is 38.2 Å². The summed E-state index contributed by atoms with van der Waals surface area (Å²) in [5.74, 6) is 0.460. The number of piperidine rings is 1. The van der Waals surface area contributed by atoms with Crippen molar-refractivity contribution in [3.8, 4) is 0 Å². The van der Waals surface area contributed by atoms with E-state index in [2.05, 4.69) is 49.1 Å². The van der Waals surface area contributed by atoms with Crippen molar-refractivity contribution in [1.82, 2.24) is 4.90 Å². The van der Waals surface area contributed by atoms with E-state index in [9.17, 15) is 0 Å². The van der Waals surface area contributed by atoms with Crippen LogP contribution in [0, 0.1) is 0 Å². The molecule has 2 rings (SSSR count). The fourth-order valence-electron chi connectivity index (χ4n) is 3.29. The summed E-state index contributed by atoms with van der Waals surface area (Å²) in [5, 5.41) is 0. The third kappa shape index (κ3) is 3.81. The molecule has 1 aliphatic rings. The molecule has 0 spiro atoms. The molecule has 0 aliphatic carbocycles. The van der Waals surface area contributed by atoms with Gasteiger partial charge < -0.3 is 10.5 Å². The summed E-state index contributed by atoms with van der Waals surface area (Å²) in [6, 6.07) is 11.1. The van der Waals surface area contributed by atoms with Crippen molar-refractivity contribution in [2.75, 3.05) is 26.2 Å². The van der Waals surface area contributed by atoms with Gasteiger partial charge in [0.05, 0.1) is 6.10 Å². The van der Waals surface area contributed by atoms with Gasteiger partial charge in [-0.1, -0.05) is 37.3 Å². The number of hydrogen-bond acceptors (Lipinski definition) is 3. The molecule has 0 saturated carbocycles. The molecule has 1 fully saturated rings. The van der Waals surface area contributed by atoms with Gasteiger partial charge in [-0.2, -0.15) is 0 Å². The van der Waals surface area contributed by atoms with Gasteiger partial charge >= 0.3 is 0 Å². The van der Waals surface area contributed by atoms with E-state index < -0.39 is 0 Å². The second-order valence-electron chi connectivity index (χ2n) is 5.72. The Bertz CT molecular complexity index is 380. The standard InChI is InChI=1S/C17H28N2O/c1-3-20-16-10-7-11-19(13-16)17(12-18)14(2)15-8-5-4-6-9-15/h4-6,8-9,14,16-17H,3,7,10-13,18H2,1-2H3. The van der Waals surface area contributed by atoms with Crippen LogP contribution in [-0.4, -0.2) is 43.3 Å². The molecule has 20 heavy (non-hydrogen) atoms. The second-order valence-corrected chi connectivity index (χ2v) is 5.72. The number of hydrogen-bond donors (Lipinski definition) is 1. The van der Waals surface area contributed by atoms with Crippen LogP contribution in [0.25, 0.3) is 0 Å². The first-order chi connectivity index (χ1) is 9.76. The van der Waals surface area contributed by atoms with Crippen LogP contribution in [0.5, 0.6) is 0 Å². The monoisotopic (exact) mass is 276 g/mol. The molecule has 1 heterocycles. The molecule has 1 aromatic carbocycles. The van der Waals surface area contributed by atoms with Crippen molar-refractivity contribution in [1.29, 1.82) is 0 Å². The first-order valence-corrected chi connectivity index (χ1v) is 7.87. The van der Waals surface area contributed by atoms with Crippen LogP contribution in [0.4, 0.5) is 0 Å². The lowest BCUT2D eigenvalue weighted by Gasteiger charge is -2.40. The minimum Gasteiger partial charge on any atom is -0.377 e. The van der Waals surface area contributed by atoms with Crippen LogP contribution in [-0.2, 0) is 4.74 Å². The molecule has 112 valence electrons. The first kappa shape index (κ1) is 15.5. The van der Waals surface area contributed by atoms with Crippen LogP contribution in [0.3, 0.4) is 0 Å². The maximum Gasteiger partial charge on any atom is 0.0702 e. The van der Waals surface area contributed by atoms with Gasteiger partial charge in [-0.15, -0.1) is 0 Å². The minimum atomic E-state index is 0.380. The lowest BCUT2D eigenvalue weighted by Crippen LogP contribution is -2.50. The predicted molar refractivity (Wildman–Crippen MR) is 83.9 cm³/mol. The summed E-state index contributed by atoms with van der Waals surface area (Å²) in [6.07, 6.45) is 2.77. The zero-order valence-corrected chi connectivity index (χ0v) is 12.8. The summed E-state index contributed by atoms with van der Waals surface area (Å²) < 4.78 is 5.81. The Morgan fingerprint density at radius 1 is 1.35 bits per heavy atom. The molecule has 0 aromatic heterocycles. The van der Waals surface area contributed by atoms with E-state index in [-0.39, 0.29) is 0 Å². The molecule has 3 heteroatoms. The lowest BCUT2D eigenvalue weighted by atomic mass is 9.90. The molecule has 2 N–H and O–H groups in total. The molecule has 0 bridgehead atoms. The second kappa shape index (κ2) is 7.77. The van der Waals surface area contributed by atoms with Crippen LogP contribution < -0.4 is 5.73 Å². The van der Waals surface area contributed by atoms with Gasteiger partial charge in [0, 0.05) is 25.7 Å². The van der Waals surface area contributed by atoms with Crippen molar-refractivity contribution in [2.24, 2.45) is 5.73 Å². The van der Waals surface area contributed by atoms with E-state index in [0.29, 0.717) is 24.6 Å². The largest absolute Gasteiger partial charge is 0.377 e. The maximum absolute atomic E-state index is 6.08. The molecule has 0 radical (unpaired) electrons. The van der Waals surface area contributed by atoms with Crippen molar-refractivity contribution >= 4 is 0 Å². The Morgan fingerprint density at radius 3 is 2.75 bits per heavy atom. The number of ether oxygens (including phenoxy) is 1. The Balaban J connectivity index is 2.03. The highest BCUT2D eigenvalue weighted by atomic mass is 16.5. The van der Waals surface area contributed by atoms with Crippen molar-refractivity contribution in [3.05, 3.63) is 35.9 Å². The molecule has 3 unspecified atom stereocenters. The Labute approximate surface area is 123 Å². The molecule has 1 aromatic rings. The van der Waals surface area contributed by atoms with Gasteiger partial charge in [0.1, 0.15) is 0 Å². The molecule has 0 amide bonds.